The lowest BCUT2D eigenvalue weighted by Crippen LogP contribution is -2.11. The van der Waals surface area contributed by atoms with Crippen molar-refractivity contribution in [2.75, 3.05) is 0 Å². The summed E-state index contributed by atoms with van der Waals surface area (Å²) in [4.78, 5) is 0. The van der Waals surface area contributed by atoms with Crippen molar-refractivity contribution in [3.63, 3.8) is 0 Å². The minimum atomic E-state index is -4.70. The van der Waals surface area contributed by atoms with E-state index in [9.17, 15) is 17.6 Å². The van der Waals surface area contributed by atoms with E-state index in [1.807, 2.05) is 13.8 Å². The van der Waals surface area contributed by atoms with Crippen LogP contribution in [-0.2, 0) is 6.18 Å². The first-order chi connectivity index (χ1) is 9.91. The molecule has 0 nitrogen and oxygen atoms in total. The Morgan fingerprint density at radius 1 is 0.905 bits per heavy atom. The number of allylic oxidation sites excluding steroid dienone is 2. The van der Waals surface area contributed by atoms with Crippen molar-refractivity contribution < 1.29 is 17.6 Å². The molecule has 1 rings (SSSR count). The summed E-state index contributed by atoms with van der Waals surface area (Å²) in [5.41, 5.74) is -1.34. The fraction of sp³-hybridized carbons (Fsp3) is 0.412. The number of unbranched alkanes of at least 4 members (excludes halogenated alkanes) is 2. The van der Waals surface area contributed by atoms with Crippen molar-refractivity contribution in [3.05, 3.63) is 46.8 Å². The molecule has 0 spiro atoms. The van der Waals surface area contributed by atoms with Gasteiger partial charge in [0.25, 0.3) is 0 Å². The predicted molar refractivity (Wildman–Crippen MR) is 79.3 cm³/mol. The van der Waals surface area contributed by atoms with Gasteiger partial charge in [-0.1, -0.05) is 63.1 Å². The Labute approximate surface area is 123 Å². The molecule has 0 unspecified atom stereocenters. The molecule has 116 valence electrons. The molecule has 0 saturated carbocycles. The lowest BCUT2D eigenvalue weighted by Gasteiger charge is -2.13. The Morgan fingerprint density at radius 2 is 1.38 bits per heavy atom. The zero-order valence-electron chi connectivity index (χ0n) is 12.3. The zero-order valence-corrected chi connectivity index (χ0v) is 12.3. The van der Waals surface area contributed by atoms with E-state index in [4.69, 9.17) is 0 Å². The van der Waals surface area contributed by atoms with Crippen LogP contribution in [0, 0.1) is 5.82 Å². The highest BCUT2D eigenvalue weighted by Crippen LogP contribution is 2.36. The van der Waals surface area contributed by atoms with Crippen molar-refractivity contribution in [1.29, 1.82) is 0 Å². The first kappa shape index (κ1) is 17.5. The van der Waals surface area contributed by atoms with E-state index in [2.05, 4.69) is 0 Å². The summed E-state index contributed by atoms with van der Waals surface area (Å²) in [6, 6.07) is 2.71. The van der Waals surface area contributed by atoms with E-state index in [-0.39, 0.29) is 11.1 Å². The van der Waals surface area contributed by atoms with Crippen molar-refractivity contribution in [2.24, 2.45) is 0 Å². The van der Waals surface area contributed by atoms with Crippen molar-refractivity contribution in [1.82, 2.24) is 0 Å². The second-order valence-corrected chi connectivity index (χ2v) is 4.81. The van der Waals surface area contributed by atoms with Gasteiger partial charge in [0.05, 0.1) is 5.56 Å². The molecule has 0 aliphatic heterocycles. The summed E-state index contributed by atoms with van der Waals surface area (Å²) >= 11 is 0. The topological polar surface area (TPSA) is 0 Å². The number of alkyl halides is 3. The van der Waals surface area contributed by atoms with Gasteiger partial charge in [0.15, 0.2) is 0 Å². The van der Waals surface area contributed by atoms with Crippen LogP contribution in [0.25, 0.3) is 12.2 Å². The minimum Gasteiger partial charge on any atom is -0.206 e. The zero-order chi connectivity index (χ0) is 15.9. The van der Waals surface area contributed by atoms with Gasteiger partial charge in [0, 0.05) is 5.56 Å². The maximum absolute atomic E-state index is 14.2. The van der Waals surface area contributed by atoms with Gasteiger partial charge in [0.2, 0.25) is 0 Å². The van der Waals surface area contributed by atoms with E-state index in [1.165, 1.54) is 24.3 Å². The number of rotatable bonds is 6. The van der Waals surface area contributed by atoms with Crippen LogP contribution in [-0.4, -0.2) is 0 Å². The third-order valence-electron chi connectivity index (χ3n) is 2.99. The number of benzene rings is 1. The van der Waals surface area contributed by atoms with Crippen molar-refractivity contribution in [2.45, 2.75) is 45.7 Å². The molecule has 0 heterocycles. The van der Waals surface area contributed by atoms with Crippen molar-refractivity contribution in [3.8, 4) is 0 Å². The van der Waals surface area contributed by atoms with Gasteiger partial charge in [0.1, 0.15) is 5.82 Å². The van der Waals surface area contributed by atoms with E-state index >= 15 is 0 Å². The third-order valence-corrected chi connectivity index (χ3v) is 2.99. The summed E-state index contributed by atoms with van der Waals surface area (Å²) in [5, 5.41) is 0. The van der Waals surface area contributed by atoms with Crippen LogP contribution in [0.15, 0.2) is 24.3 Å². The average Bonchev–Trinajstić information content (AvgIpc) is 2.40. The van der Waals surface area contributed by atoms with Crippen LogP contribution >= 0.6 is 0 Å². The third kappa shape index (κ3) is 5.03. The summed E-state index contributed by atoms with van der Waals surface area (Å²) in [6.07, 6.45) is 4.44. The van der Waals surface area contributed by atoms with Crippen LogP contribution in [0.4, 0.5) is 17.6 Å². The summed E-state index contributed by atoms with van der Waals surface area (Å²) < 4.78 is 53.4. The second-order valence-electron chi connectivity index (χ2n) is 4.81. The van der Waals surface area contributed by atoms with Crippen LogP contribution in [0.2, 0.25) is 0 Å². The van der Waals surface area contributed by atoms with Gasteiger partial charge in [-0.2, -0.15) is 13.2 Å². The fourth-order valence-electron chi connectivity index (χ4n) is 1.92. The molecular weight excluding hydrogens is 280 g/mol. The van der Waals surface area contributed by atoms with E-state index in [0.29, 0.717) is 12.8 Å². The van der Waals surface area contributed by atoms with Crippen LogP contribution < -0.4 is 0 Å². The summed E-state index contributed by atoms with van der Waals surface area (Å²) in [6.45, 7) is 3.88. The summed E-state index contributed by atoms with van der Waals surface area (Å²) in [7, 11) is 0. The van der Waals surface area contributed by atoms with Gasteiger partial charge in [-0.05, 0) is 18.4 Å². The maximum atomic E-state index is 14.2. The SMILES string of the molecule is CCC/C=C/c1ccc(/C=C/CCC)c(C(F)(F)F)c1F. The molecule has 0 atom stereocenters. The summed E-state index contributed by atoms with van der Waals surface area (Å²) in [5.74, 6) is -1.20. The largest absolute Gasteiger partial charge is 0.419 e. The van der Waals surface area contributed by atoms with Crippen LogP contribution in [0.5, 0.6) is 0 Å². The molecule has 0 aliphatic rings. The van der Waals surface area contributed by atoms with E-state index < -0.39 is 17.6 Å². The molecule has 21 heavy (non-hydrogen) atoms. The molecule has 0 bridgehead atoms. The molecule has 1 aromatic rings. The normalized spacial score (nSPS) is 12.7. The monoisotopic (exact) mass is 300 g/mol. The molecule has 0 radical (unpaired) electrons. The van der Waals surface area contributed by atoms with E-state index in [1.54, 1.807) is 12.2 Å². The minimum absolute atomic E-state index is 0.0246. The van der Waals surface area contributed by atoms with Gasteiger partial charge in [-0.15, -0.1) is 0 Å². The molecule has 0 amide bonds. The quantitative estimate of drug-likeness (QED) is 0.528. The van der Waals surface area contributed by atoms with Crippen LogP contribution in [0.3, 0.4) is 0 Å². The molecule has 0 N–H and O–H groups in total. The number of hydrogen-bond acceptors (Lipinski definition) is 0. The highest BCUT2D eigenvalue weighted by Gasteiger charge is 2.37. The lowest BCUT2D eigenvalue weighted by molar-refractivity contribution is -0.140. The Kier molecular flexibility index (Phi) is 6.66. The highest BCUT2D eigenvalue weighted by atomic mass is 19.4. The average molecular weight is 300 g/mol. The Bertz CT molecular complexity index is 510. The number of halogens is 4. The van der Waals surface area contributed by atoms with Gasteiger partial charge in [-0.25, -0.2) is 4.39 Å². The second kappa shape index (κ2) is 8.01. The smallest absolute Gasteiger partial charge is 0.206 e. The standard InChI is InChI=1S/C17H20F4/c1-3-5-7-9-13-11-12-14(10-8-6-4-2)16(18)15(13)17(19,20)21/h7-12H,3-6H2,1-2H3/b9-7+,10-8+. The molecular formula is C17H20F4. The highest BCUT2D eigenvalue weighted by molar-refractivity contribution is 5.61. The molecule has 0 aromatic heterocycles. The fourth-order valence-corrected chi connectivity index (χ4v) is 1.92. The molecule has 0 aliphatic carbocycles. The first-order valence-corrected chi connectivity index (χ1v) is 7.14. The van der Waals surface area contributed by atoms with Gasteiger partial charge < -0.3 is 0 Å². The molecule has 1 aromatic carbocycles. The Balaban J connectivity index is 3.26. The molecule has 0 saturated heterocycles. The maximum Gasteiger partial charge on any atom is 0.419 e. The predicted octanol–water partition coefficient (Wildman–Crippen LogP) is 6.47. The van der Waals surface area contributed by atoms with Crippen molar-refractivity contribution >= 4 is 12.2 Å². The number of hydrogen-bond donors (Lipinski definition) is 0. The van der Waals surface area contributed by atoms with E-state index in [0.717, 1.165) is 12.8 Å². The van der Waals surface area contributed by atoms with Gasteiger partial charge >= 0.3 is 6.18 Å². The Morgan fingerprint density at radius 3 is 1.86 bits per heavy atom. The lowest BCUT2D eigenvalue weighted by atomic mass is 10.0. The van der Waals surface area contributed by atoms with Gasteiger partial charge in [-0.3, -0.25) is 0 Å². The first-order valence-electron chi connectivity index (χ1n) is 7.14. The van der Waals surface area contributed by atoms with Crippen LogP contribution in [0.1, 0.15) is 56.2 Å². The Hall–Kier alpha value is -1.58. The molecule has 0 fully saturated rings. The molecule has 4 heteroatoms.